The average Bonchev–Trinajstić information content (AvgIpc) is 3.06. The van der Waals surface area contributed by atoms with Gasteiger partial charge in [0.25, 0.3) is 12.3 Å². The number of carbonyl (C=O) groups excluding carboxylic acids is 1. The molecule has 0 atom stereocenters. The van der Waals surface area contributed by atoms with Crippen molar-refractivity contribution in [3.63, 3.8) is 0 Å². The number of amides is 1. The lowest BCUT2D eigenvalue weighted by Gasteiger charge is -2.10. The van der Waals surface area contributed by atoms with Crippen LogP contribution in [0.4, 0.5) is 22.0 Å². The molecule has 0 aromatic carbocycles. The summed E-state index contributed by atoms with van der Waals surface area (Å²) < 4.78 is 65.5. The summed E-state index contributed by atoms with van der Waals surface area (Å²) in [5, 5.41) is 7.35. The summed E-state index contributed by atoms with van der Waals surface area (Å²) >= 11 is 0. The summed E-state index contributed by atoms with van der Waals surface area (Å²) in [4.78, 5) is 20.0. The van der Waals surface area contributed by atoms with E-state index in [1.165, 1.54) is 23.1 Å². The predicted molar refractivity (Wildman–Crippen MR) is 88.7 cm³/mol. The summed E-state index contributed by atoms with van der Waals surface area (Å²) in [6, 6.07) is 6.78. The smallest absolute Gasteiger partial charge is 0.267 e. The zero-order valence-corrected chi connectivity index (χ0v) is 14.6. The van der Waals surface area contributed by atoms with E-state index in [4.69, 9.17) is 0 Å². The molecule has 3 aromatic heterocycles. The molecule has 3 aromatic rings. The van der Waals surface area contributed by atoms with E-state index < -0.39 is 36.3 Å². The van der Waals surface area contributed by atoms with Crippen LogP contribution < -0.4 is 5.36 Å². The number of halogens is 5. The number of rotatable bonds is 5. The molecule has 0 fully saturated rings. The third-order valence-electron chi connectivity index (χ3n) is 3.68. The topological polar surface area (TPSA) is 78.0 Å². The second-order valence-corrected chi connectivity index (χ2v) is 5.84. The fraction of sp³-hybridized carbons (Fsp3) is 0.235. The zero-order valence-electron chi connectivity index (χ0n) is 14.6. The minimum absolute atomic E-state index is 0.0519. The molecule has 0 unspecified atom stereocenters. The van der Waals surface area contributed by atoms with Gasteiger partial charge in [0.15, 0.2) is 0 Å². The number of nitrogens with zero attached hydrogens (tertiary/aromatic N) is 6. The Bertz CT molecular complexity index is 1040. The van der Waals surface area contributed by atoms with Crippen molar-refractivity contribution < 1.29 is 26.7 Å². The first-order chi connectivity index (χ1) is 13.7. The molecule has 0 saturated carbocycles. The second kappa shape index (κ2) is 8.29. The third-order valence-corrected chi connectivity index (χ3v) is 3.68. The molecule has 0 aliphatic heterocycles. The van der Waals surface area contributed by atoms with E-state index in [1.54, 1.807) is 18.3 Å². The lowest BCUT2D eigenvalue weighted by Crippen LogP contribution is -2.21. The molecule has 0 aliphatic carbocycles. The Morgan fingerprint density at radius 3 is 2.52 bits per heavy atom. The Labute approximate surface area is 160 Å². The minimum Gasteiger partial charge on any atom is -0.267 e. The van der Waals surface area contributed by atoms with Crippen LogP contribution in [0.5, 0.6) is 0 Å². The molecule has 1 amide bonds. The monoisotopic (exact) mass is 412 g/mol. The number of hydrogen-bond donors (Lipinski definition) is 0. The Morgan fingerprint density at radius 2 is 1.93 bits per heavy atom. The highest BCUT2D eigenvalue weighted by Gasteiger charge is 2.33. The van der Waals surface area contributed by atoms with Crippen LogP contribution in [0.15, 0.2) is 54.0 Å². The normalized spacial score (nSPS) is 12.6. The van der Waals surface area contributed by atoms with Gasteiger partial charge in [-0.3, -0.25) is 19.1 Å². The average molecular weight is 412 g/mol. The van der Waals surface area contributed by atoms with Gasteiger partial charge in [0, 0.05) is 12.4 Å². The van der Waals surface area contributed by atoms with Gasteiger partial charge in [-0.05, 0) is 18.2 Å². The van der Waals surface area contributed by atoms with Crippen molar-refractivity contribution in [3.05, 3.63) is 71.4 Å². The van der Waals surface area contributed by atoms with Crippen LogP contribution in [0.1, 0.15) is 28.2 Å². The molecule has 29 heavy (non-hydrogen) atoms. The van der Waals surface area contributed by atoms with Gasteiger partial charge in [-0.15, -0.1) is 0 Å². The summed E-state index contributed by atoms with van der Waals surface area (Å²) in [7, 11) is 0. The summed E-state index contributed by atoms with van der Waals surface area (Å²) in [6.07, 6.45) is -3.10. The number of aromatic nitrogens is 5. The summed E-state index contributed by atoms with van der Waals surface area (Å²) in [5.41, 5.74) is -1.09. The van der Waals surface area contributed by atoms with Crippen LogP contribution >= 0.6 is 0 Å². The van der Waals surface area contributed by atoms with E-state index in [0.717, 1.165) is 5.69 Å². The maximum Gasteiger partial charge on any atom is 0.408 e. The van der Waals surface area contributed by atoms with E-state index >= 15 is 0 Å². The van der Waals surface area contributed by atoms with Crippen molar-refractivity contribution in [2.45, 2.75) is 25.7 Å². The molecular weight excluding hydrogens is 399 g/mol. The standard InChI is InChI=1S/C17H13F5N6O/c18-15(19)14-13(8-25-28(14)10-17(20,21)22)16(29)26-11-4-6-27(24-7-11)9-12-3-1-2-5-23-12/h1-8,15H,9-10H2. The molecule has 0 bridgehead atoms. The SMILES string of the molecule is O=C(N=c1ccn(Cc2ccccn2)nc1)c1cnn(CC(F)(F)F)c1C(F)F. The maximum absolute atomic E-state index is 13.2. The minimum atomic E-state index is -4.77. The first kappa shape index (κ1) is 20.3. The maximum atomic E-state index is 13.2. The van der Waals surface area contributed by atoms with Crippen LogP contribution in [-0.2, 0) is 13.1 Å². The Balaban J connectivity index is 1.83. The molecule has 0 radical (unpaired) electrons. The number of pyridine rings is 1. The van der Waals surface area contributed by atoms with Crippen LogP contribution in [0.2, 0.25) is 0 Å². The van der Waals surface area contributed by atoms with Gasteiger partial charge in [0.1, 0.15) is 12.2 Å². The number of alkyl halides is 5. The molecule has 0 spiro atoms. The van der Waals surface area contributed by atoms with Crippen molar-refractivity contribution in [1.82, 2.24) is 24.5 Å². The van der Waals surface area contributed by atoms with Gasteiger partial charge >= 0.3 is 6.18 Å². The van der Waals surface area contributed by atoms with Crippen LogP contribution in [0.25, 0.3) is 0 Å². The fourth-order valence-electron chi connectivity index (χ4n) is 2.46. The molecule has 7 nitrogen and oxygen atoms in total. The van der Waals surface area contributed by atoms with Crippen LogP contribution in [0.3, 0.4) is 0 Å². The summed E-state index contributed by atoms with van der Waals surface area (Å²) in [6.45, 7) is -1.38. The van der Waals surface area contributed by atoms with E-state index in [9.17, 15) is 26.7 Å². The van der Waals surface area contributed by atoms with Gasteiger partial charge in [-0.1, -0.05) is 6.07 Å². The van der Waals surface area contributed by atoms with Crippen molar-refractivity contribution in [2.24, 2.45) is 4.99 Å². The summed E-state index contributed by atoms with van der Waals surface area (Å²) in [5.74, 6) is -1.14. The van der Waals surface area contributed by atoms with E-state index in [2.05, 4.69) is 20.2 Å². The molecule has 0 aliphatic rings. The highest BCUT2D eigenvalue weighted by Crippen LogP contribution is 2.26. The molecule has 152 valence electrons. The molecule has 3 rings (SSSR count). The first-order valence-corrected chi connectivity index (χ1v) is 8.15. The van der Waals surface area contributed by atoms with Crippen molar-refractivity contribution >= 4 is 5.91 Å². The quantitative estimate of drug-likeness (QED) is 0.604. The Morgan fingerprint density at radius 1 is 1.14 bits per heavy atom. The fourth-order valence-corrected chi connectivity index (χ4v) is 2.46. The van der Waals surface area contributed by atoms with Gasteiger partial charge < -0.3 is 0 Å². The molecule has 3 heterocycles. The first-order valence-electron chi connectivity index (χ1n) is 8.15. The van der Waals surface area contributed by atoms with Gasteiger partial charge in [0.2, 0.25) is 0 Å². The number of carbonyl (C=O) groups is 1. The van der Waals surface area contributed by atoms with Crippen molar-refractivity contribution in [1.29, 1.82) is 0 Å². The highest BCUT2D eigenvalue weighted by atomic mass is 19.4. The molecule has 0 saturated heterocycles. The van der Waals surface area contributed by atoms with E-state index in [1.807, 2.05) is 6.07 Å². The number of hydrogen-bond acceptors (Lipinski definition) is 4. The molecule has 0 N–H and O–H groups in total. The lowest BCUT2D eigenvalue weighted by atomic mass is 10.2. The molecule has 12 heteroatoms. The second-order valence-electron chi connectivity index (χ2n) is 5.84. The van der Waals surface area contributed by atoms with Crippen LogP contribution in [-0.4, -0.2) is 36.6 Å². The van der Waals surface area contributed by atoms with Gasteiger partial charge in [-0.2, -0.15) is 23.4 Å². The highest BCUT2D eigenvalue weighted by molar-refractivity contribution is 5.95. The van der Waals surface area contributed by atoms with Gasteiger partial charge in [-0.25, -0.2) is 13.8 Å². The lowest BCUT2D eigenvalue weighted by molar-refractivity contribution is -0.143. The molecular formula is C17H13F5N6O. The van der Waals surface area contributed by atoms with Crippen LogP contribution in [0, 0.1) is 0 Å². The Hall–Kier alpha value is -3.44. The predicted octanol–water partition coefficient (Wildman–Crippen LogP) is 2.76. The van der Waals surface area contributed by atoms with Gasteiger partial charge in [0.05, 0.1) is 35.6 Å². The Kier molecular flexibility index (Phi) is 5.80. The van der Waals surface area contributed by atoms with E-state index in [0.29, 0.717) is 12.7 Å². The largest absolute Gasteiger partial charge is 0.408 e. The van der Waals surface area contributed by atoms with E-state index in [-0.39, 0.29) is 10.0 Å². The van der Waals surface area contributed by atoms with Crippen molar-refractivity contribution in [3.8, 4) is 0 Å². The van der Waals surface area contributed by atoms with Crippen molar-refractivity contribution in [2.75, 3.05) is 0 Å². The zero-order chi connectivity index (χ0) is 21.0. The third kappa shape index (κ3) is 5.30.